The van der Waals surface area contributed by atoms with Gasteiger partial charge in [-0.1, -0.05) is 273 Å². The van der Waals surface area contributed by atoms with Crippen LogP contribution in [-0.2, 0) is 45.8 Å². The zero-order valence-electron chi connectivity index (χ0n) is 66.6. The van der Waals surface area contributed by atoms with Crippen LogP contribution in [0.25, 0.3) is 53.9 Å². The van der Waals surface area contributed by atoms with E-state index < -0.39 is 0 Å². The van der Waals surface area contributed by atoms with E-state index in [1.54, 1.807) is 0 Å². The van der Waals surface area contributed by atoms with Crippen LogP contribution in [-0.4, -0.2) is 47.1 Å². The highest BCUT2D eigenvalue weighted by Gasteiger charge is 2.29. The molecular weight excluding hydrogens is 1480 g/mol. The van der Waals surface area contributed by atoms with Gasteiger partial charge in [0.1, 0.15) is 40.2 Å². The van der Waals surface area contributed by atoms with Crippen molar-refractivity contribution < 1.29 is 33.2 Å². The van der Waals surface area contributed by atoms with E-state index in [2.05, 4.69) is 362 Å². The van der Waals surface area contributed by atoms with E-state index in [1.165, 1.54) is 122 Å². The summed E-state index contributed by atoms with van der Waals surface area (Å²) in [4.78, 5) is 15.8. The van der Waals surface area contributed by atoms with Gasteiger partial charge < -0.3 is 67.5 Å². The van der Waals surface area contributed by atoms with Crippen molar-refractivity contribution in [2.75, 3.05) is 81.4 Å². The highest BCUT2D eigenvalue weighted by molar-refractivity contribution is 5.97. The molecule has 14 heteroatoms. The lowest BCUT2D eigenvalue weighted by Gasteiger charge is -2.34. The third kappa shape index (κ3) is 15.5. The van der Waals surface area contributed by atoms with E-state index >= 15 is 0 Å². The summed E-state index contributed by atoms with van der Waals surface area (Å²) in [5.74, 6) is 7.03. The van der Waals surface area contributed by atoms with Gasteiger partial charge in [-0.15, -0.1) is 0 Å². The lowest BCUT2D eigenvalue weighted by Crippen LogP contribution is -2.33. The van der Waals surface area contributed by atoms with Gasteiger partial charge in [0.15, 0.2) is 47.1 Å². The Hall–Kier alpha value is -14.8. The van der Waals surface area contributed by atoms with Gasteiger partial charge in [0.25, 0.3) is 0 Å². The summed E-state index contributed by atoms with van der Waals surface area (Å²) < 4.78 is 42.8. The van der Waals surface area contributed by atoms with Crippen molar-refractivity contribution in [3.63, 3.8) is 0 Å². The predicted octanol–water partition coefficient (Wildman–Crippen LogP) is 23.7. The molecule has 0 unspecified atom stereocenters. The standard InChI is InChI=1S/2C26H22N2O2.3C18H15NO/c1-3-7-19(8-4-1)27-15-23-21-11-14-26-24(22(21)12-13-25(23)29-17-27)16-28(18-30-26)20-9-5-2-6-10-20;1-3-7-21(8-4-1)27-15-19-11-13-24-23(25(19)29-17-27)14-12-20-16-28(18-30-26(20)24)22-9-5-2-6-10-22;3*1-2-7-16(8-3-1)19-12-15-11-10-14-6-4-5-9-17(14)18(15)20-13-19/h2*1-14H,15-18H2;3*1-11H,12-13H2. The summed E-state index contributed by atoms with van der Waals surface area (Å²) in [6, 6.07) is 128. The maximum Gasteiger partial charge on any atom is 0.161 e. The van der Waals surface area contributed by atoms with E-state index in [0.29, 0.717) is 47.1 Å². The SMILES string of the molecule is c1ccc(N2COc3c(ccc4c5c(ccc34)CN(c3ccccc3)CO5)C2)cc1.c1ccc(N2COc3c(ccc4ccccc34)C2)cc1.c1ccc(N2COc3c(ccc4ccccc34)C2)cc1.c1ccc(N2COc3c(ccc4ccccc34)C2)cc1.c1ccc(N2COc3ccc4c5c(ccc4c3C2)OCN(c2ccccc2)C5)cc1. The van der Waals surface area contributed by atoms with Gasteiger partial charge in [0, 0.05) is 138 Å². The van der Waals surface area contributed by atoms with Gasteiger partial charge in [-0.2, -0.15) is 0 Å². The lowest BCUT2D eigenvalue weighted by molar-refractivity contribution is 0.289. The Kier molecular flexibility index (Phi) is 20.9. The summed E-state index contributed by atoms with van der Waals surface area (Å²) in [5.41, 5.74) is 17.0. The molecule has 7 aliphatic heterocycles. The Morgan fingerprint density at radius 3 is 0.608 bits per heavy atom. The molecule has 14 nitrogen and oxygen atoms in total. The largest absolute Gasteiger partial charge is 0.473 e. The van der Waals surface area contributed by atoms with Crippen LogP contribution < -0.4 is 67.5 Å². The van der Waals surface area contributed by atoms with Crippen LogP contribution in [0.2, 0.25) is 0 Å². The molecule has 7 aliphatic rings. The molecule has 0 spiro atoms. The van der Waals surface area contributed by atoms with Crippen LogP contribution in [0.3, 0.4) is 0 Å². The quantitative estimate of drug-likeness (QED) is 0.152. The van der Waals surface area contributed by atoms with Gasteiger partial charge in [0.05, 0.1) is 13.1 Å². The van der Waals surface area contributed by atoms with Crippen molar-refractivity contribution in [1.29, 1.82) is 0 Å². The monoisotopic (exact) mass is 1570 g/mol. The Labute approximate surface area is 699 Å². The molecule has 0 saturated carbocycles. The summed E-state index contributed by atoms with van der Waals surface area (Å²) in [5, 5.41) is 12.1. The first-order valence-electron chi connectivity index (χ1n) is 41.1. The molecule has 0 aromatic heterocycles. The minimum absolute atomic E-state index is 0.551. The molecule has 0 atom stereocenters. The molecule has 7 heterocycles. The lowest BCUT2D eigenvalue weighted by atomic mass is 9.96. The predicted molar refractivity (Wildman–Crippen MR) is 487 cm³/mol. The second-order valence-corrected chi connectivity index (χ2v) is 30.9. The molecule has 0 radical (unpaired) electrons. The minimum atomic E-state index is 0.551. The Morgan fingerprint density at radius 1 is 0.150 bits per heavy atom. The average molecular weight is 1570 g/mol. The number of fused-ring (bicyclic) bond motifs is 19. The number of para-hydroxylation sites is 7. The van der Waals surface area contributed by atoms with E-state index in [4.69, 9.17) is 33.2 Å². The van der Waals surface area contributed by atoms with Crippen LogP contribution in [0, 0.1) is 0 Å². The van der Waals surface area contributed by atoms with Crippen molar-refractivity contribution in [2.45, 2.75) is 45.8 Å². The van der Waals surface area contributed by atoms with Gasteiger partial charge >= 0.3 is 0 Å². The summed E-state index contributed by atoms with van der Waals surface area (Å²) in [7, 11) is 0. The van der Waals surface area contributed by atoms with E-state index in [0.717, 1.165) is 96.8 Å². The number of rotatable bonds is 7. The molecule has 0 bridgehead atoms. The van der Waals surface area contributed by atoms with Crippen LogP contribution in [0.15, 0.2) is 370 Å². The van der Waals surface area contributed by atoms with Crippen molar-refractivity contribution in [2.24, 2.45) is 0 Å². The number of benzene rings is 17. The van der Waals surface area contributed by atoms with E-state index in [9.17, 15) is 0 Å². The molecule has 0 N–H and O–H groups in total. The summed E-state index contributed by atoms with van der Waals surface area (Å²) in [6.07, 6.45) is 0. The van der Waals surface area contributed by atoms with Crippen LogP contribution >= 0.6 is 0 Å². The molecule has 0 aliphatic carbocycles. The first-order valence-corrected chi connectivity index (χ1v) is 41.1. The molecule has 24 rings (SSSR count). The fraction of sp³-hybridized carbons (Fsp3) is 0.132. The maximum atomic E-state index is 6.25. The zero-order chi connectivity index (χ0) is 79.9. The normalized spacial score (nSPS) is 14.6. The Bertz CT molecular complexity index is 5970. The molecule has 0 fully saturated rings. The van der Waals surface area contributed by atoms with E-state index in [-0.39, 0.29) is 0 Å². The number of ether oxygens (including phenoxy) is 7. The fourth-order valence-corrected chi connectivity index (χ4v) is 17.2. The molecule has 17 aromatic rings. The number of nitrogens with zero attached hydrogens (tertiary/aromatic N) is 7. The average Bonchev–Trinajstić information content (AvgIpc) is 0.747. The fourth-order valence-electron chi connectivity index (χ4n) is 17.2. The smallest absolute Gasteiger partial charge is 0.161 e. The van der Waals surface area contributed by atoms with Crippen molar-refractivity contribution >= 4 is 93.7 Å². The maximum absolute atomic E-state index is 6.25. The van der Waals surface area contributed by atoms with Gasteiger partial charge in [-0.3, -0.25) is 0 Å². The van der Waals surface area contributed by atoms with Crippen LogP contribution in [0.1, 0.15) is 38.9 Å². The van der Waals surface area contributed by atoms with Crippen molar-refractivity contribution in [3.8, 4) is 40.2 Å². The first kappa shape index (κ1) is 74.1. The summed E-state index contributed by atoms with van der Waals surface area (Å²) in [6.45, 7) is 10.1. The molecule has 120 heavy (non-hydrogen) atoms. The third-order valence-corrected chi connectivity index (χ3v) is 23.4. The van der Waals surface area contributed by atoms with Gasteiger partial charge in [-0.05, 0) is 124 Å². The molecule has 17 aromatic carbocycles. The molecular formula is C106H89N7O7. The summed E-state index contributed by atoms with van der Waals surface area (Å²) >= 11 is 0. The van der Waals surface area contributed by atoms with Crippen LogP contribution in [0.4, 0.5) is 39.8 Å². The Morgan fingerprint density at radius 2 is 0.350 bits per heavy atom. The zero-order valence-corrected chi connectivity index (χ0v) is 66.6. The Balaban J connectivity index is 0.0000000972. The highest BCUT2D eigenvalue weighted by Crippen LogP contribution is 2.45. The van der Waals surface area contributed by atoms with Crippen molar-refractivity contribution in [1.82, 2.24) is 0 Å². The molecule has 0 saturated heterocycles. The van der Waals surface area contributed by atoms with Gasteiger partial charge in [-0.25, -0.2) is 0 Å². The number of hydrogen-bond acceptors (Lipinski definition) is 14. The van der Waals surface area contributed by atoms with Crippen molar-refractivity contribution in [3.05, 3.63) is 409 Å². The number of hydrogen-bond donors (Lipinski definition) is 0. The molecule has 0 amide bonds. The van der Waals surface area contributed by atoms with Gasteiger partial charge in [0.2, 0.25) is 0 Å². The third-order valence-electron chi connectivity index (χ3n) is 23.4. The first-order chi connectivity index (χ1) is 59.5. The second-order valence-electron chi connectivity index (χ2n) is 30.9. The topological polar surface area (TPSA) is 87.3 Å². The van der Waals surface area contributed by atoms with Crippen LogP contribution in [0.5, 0.6) is 40.2 Å². The molecule has 590 valence electrons. The van der Waals surface area contributed by atoms with E-state index in [1.807, 2.05) is 42.5 Å². The highest BCUT2D eigenvalue weighted by atomic mass is 16.5. The second kappa shape index (κ2) is 33.8. The number of anilines is 7. The minimum Gasteiger partial charge on any atom is -0.473 e.